The number of piperidine rings is 1. The molecule has 13 heavy (non-hydrogen) atoms. The third-order valence-electron chi connectivity index (χ3n) is 2.85. The first-order valence-electron chi connectivity index (χ1n) is 5.88. The van der Waals surface area contributed by atoms with Crippen LogP contribution in [0.1, 0.15) is 52.4 Å². The molecule has 0 bridgehead atoms. The Morgan fingerprint density at radius 3 is 2.38 bits per heavy atom. The number of hydrogen-bond donors (Lipinski definition) is 1. The molecular formula is C11H24N2. The van der Waals surface area contributed by atoms with Gasteiger partial charge in [0.05, 0.1) is 0 Å². The van der Waals surface area contributed by atoms with Crippen molar-refractivity contribution in [3.8, 4) is 0 Å². The predicted molar refractivity (Wildman–Crippen MR) is 57.5 cm³/mol. The van der Waals surface area contributed by atoms with Gasteiger partial charge in [0.25, 0.3) is 0 Å². The molecule has 1 saturated heterocycles. The van der Waals surface area contributed by atoms with E-state index in [1.54, 1.807) is 0 Å². The van der Waals surface area contributed by atoms with Crippen LogP contribution in [-0.2, 0) is 0 Å². The Bertz CT molecular complexity index is 117. The average molecular weight is 184 g/mol. The quantitative estimate of drug-likeness (QED) is 0.706. The van der Waals surface area contributed by atoms with Gasteiger partial charge in [-0.3, -0.25) is 5.43 Å². The number of hydrazine groups is 1. The molecule has 2 heteroatoms. The minimum atomic E-state index is 0.711. The second-order valence-corrected chi connectivity index (χ2v) is 4.07. The molecule has 1 aliphatic rings. The highest BCUT2D eigenvalue weighted by Gasteiger charge is 2.13. The zero-order valence-electron chi connectivity index (χ0n) is 9.18. The van der Waals surface area contributed by atoms with Crippen molar-refractivity contribution in [3.05, 3.63) is 0 Å². The Morgan fingerprint density at radius 2 is 1.85 bits per heavy atom. The first-order valence-corrected chi connectivity index (χ1v) is 5.88. The fourth-order valence-electron chi connectivity index (χ4n) is 1.99. The molecule has 0 saturated carbocycles. The molecule has 0 aliphatic carbocycles. The molecule has 1 N–H and O–H groups in total. The molecule has 78 valence electrons. The summed E-state index contributed by atoms with van der Waals surface area (Å²) in [5, 5.41) is 2.42. The van der Waals surface area contributed by atoms with Gasteiger partial charge in [-0.25, -0.2) is 5.01 Å². The van der Waals surface area contributed by atoms with E-state index in [4.69, 9.17) is 0 Å². The maximum atomic E-state index is 3.64. The molecule has 1 aliphatic heterocycles. The van der Waals surface area contributed by atoms with Crippen LogP contribution in [0, 0.1) is 0 Å². The van der Waals surface area contributed by atoms with Gasteiger partial charge in [0, 0.05) is 19.1 Å². The Kier molecular flexibility index (Phi) is 5.40. The lowest BCUT2D eigenvalue weighted by Crippen LogP contribution is -2.46. The normalized spacial score (nSPS) is 21.7. The summed E-state index contributed by atoms with van der Waals surface area (Å²) in [7, 11) is 0. The maximum Gasteiger partial charge on any atom is 0.0212 e. The largest absolute Gasteiger partial charge is 0.252 e. The summed E-state index contributed by atoms with van der Waals surface area (Å²) in [6.07, 6.45) is 8.02. The van der Waals surface area contributed by atoms with E-state index in [-0.39, 0.29) is 0 Å². The van der Waals surface area contributed by atoms with Crippen LogP contribution < -0.4 is 5.43 Å². The van der Waals surface area contributed by atoms with Crippen LogP contribution in [0.15, 0.2) is 0 Å². The van der Waals surface area contributed by atoms with Crippen LogP contribution >= 0.6 is 0 Å². The first-order chi connectivity index (χ1) is 6.36. The number of rotatable bonds is 5. The summed E-state index contributed by atoms with van der Waals surface area (Å²) >= 11 is 0. The number of nitrogens with zero attached hydrogens (tertiary/aromatic N) is 1. The van der Waals surface area contributed by atoms with Crippen molar-refractivity contribution in [2.75, 3.05) is 13.1 Å². The van der Waals surface area contributed by atoms with Crippen LogP contribution in [0.25, 0.3) is 0 Å². The monoisotopic (exact) mass is 184 g/mol. The zero-order chi connectivity index (χ0) is 9.52. The van der Waals surface area contributed by atoms with E-state index in [0.29, 0.717) is 6.04 Å². The smallest absolute Gasteiger partial charge is 0.0212 e. The van der Waals surface area contributed by atoms with Crippen molar-refractivity contribution in [1.29, 1.82) is 0 Å². The van der Waals surface area contributed by atoms with E-state index >= 15 is 0 Å². The van der Waals surface area contributed by atoms with Crippen LogP contribution in [0.3, 0.4) is 0 Å². The fourth-order valence-corrected chi connectivity index (χ4v) is 1.99. The highest BCUT2D eigenvalue weighted by atomic mass is 15.5. The van der Waals surface area contributed by atoms with E-state index in [9.17, 15) is 0 Å². The maximum absolute atomic E-state index is 3.64. The molecule has 0 radical (unpaired) electrons. The van der Waals surface area contributed by atoms with E-state index in [1.807, 2.05) is 0 Å². The average Bonchev–Trinajstić information content (AvgIpc) is 2.19. The topological polar surface area (TPSA) is 15.3 Å². The lowest BCUT2D eigenvalue weighted by molar-refractivity contribution is 0.123. The predicted octanol–water partition coefficient (Wildman–Crippen LogP) is 2.56. The molecule has 0 aromatic carbocycles. The third kappa shape index (κ3) is 4.10. The van der Waals surface area contributed by atoms with Gasteiger partial charge < -0.3 is 0 Å². The fraction of sp³-hybridized carbons (Fsp3) is 1.00. The van der Waals surface area contributed by atoms with E-state index in [1.165, 1.54) is 51.6 Å². The minimum Gasteiger partial charge on any atom is -0.252 e. The molecule has 0 aromatic rings. The van der Waals surface area contributed by atoms with Gasteiger partial charge in [0.15, 0.2) is 0 Å². The molecule has 1 heterocycles. The van der Waals surface area contributed by atoms with Crippen LogP contribution in [0.5, 0.6) is 0 Å². The zero-order valence-corrected chi connectivity index (χ0v) is 9.18. The van der Waals surface area contributed by atoms with Gasteiger partial charge in [-0.2, -0.15) is 0 Å². The summed E-state index contributed by atoms with van der Waals surface area (Å²) < 4.78 is 0. The third-order valence-corrected chi connectivity index (χ3v) is 2.85. The molecule has 2 nitrogen and oxygen atoms in total. The first kappa shape index (κ1) is 11.0. The Morgan fingerprint density at radius 1 is 1.15 bits per heavy atom. The number of hydrogen-bond acceptors (Lipinski definition) is 2. The van der Waals surface area contributed by atoms with E-state index < -0.39 is 0 Å². The standard InChI is InChI=1S/C11H24N2/c1-3-8-11(4-2)12-13-9-6-5-7-10-13/h11-12H,3-10H2,1-2H3. The molecule has 1 unspecified atom stereocenters. The summed E-state index contributed by atoms with van der Waals surface area (Å²) in [5.74, 6) is 0. The highest BCUT2D eigenvalue weighted by Crippen LogP contribution is 2.09. The van der Waals surface area contributed by atoms with Gasteiger partial charge in [0.1, 0.15) is 0 Å². The molecule has 1 atom stereocenters. The van der Waals surface area contributed by atoms with Crippen molar-refractivity contribution >= 4 is 0 Å². The molecular weight excluding hydrogens is 160 g/mol. The van der Waals surface area contributed by atoms with Crippen LogP contribution in [-0.4, -0.2) is 24.1 Å². The Hall–Kier alpha value is -0.0800. The summed E-state index contributed by atoms with van der Waals surface area (Å²) in [4.78, 5) is 0. The van der Waals surface area contributed by atoms with E-state index in [2.05, 4.69) is 24.3 Å². The molecule has 0 spiro atoms. The lowest BCUT2D eigenvalue weighted by Gasteiger charge is -2.31. The Labute approximate surface area is 82.7 Å². The van der Waals surface area contributed by atoms with Gasteiger partial charge in [-0.05, 0) is 25.7 Å². The van der Waals surface area contributed by atoms with Gasteiger partial charge in [0.2, 0.25) is 0 Å². The highest BCUT2D eigenvalue weighted by molar-refractivity contribution is 4.66. The molecule has 0 amide bonds. The van der Waals surface area contributed by atoms with Crippen molar-refractivity contribution < 1.29 is 0 Å². The molecule has 1 fully saturated rings. The SMILES string of the molecule is CCCC(CC)NN1CCCCC1. The summed E-state index contributed by atoms with van der Waals surface area (Å²) in [6, 6.07) is 0.711. The Balaban J connectivity index is 2.18. The van der Waals surface area contributed by atoms with Crippen molar-refractivity contribution in [3.63, 3.8) is 0 Å². The van der Waals surface area contributed by atoms with Gasteiger partial charge in [-0.1, -0.05) is 26.7 Å². The van der Waals surface area contributed by atoms with E-state index in [0.717, 1.165) is 0 Å². The number of nitrogens with one attached hydrogen (secondary N) is 1. The second kappa shape index (κ2) is 6.39. The molecule has 1 rings (SSSR count). The van der Waals surface area contributed by atoms with Crippen molar-refractivity contribution in [2.24, 2.45) is 0 Å². The lowest BCUT2D eigenvalue weighted by atomic mass is 10.1. The second-order valence-electron chi connectivity index (χ2n) is 4.07. The minimum absolute atomic E-state index is 0.711. The van der Waals surface area contributed by atoms with Gasteiger partial charge in [-0.15, -0.1) is 0 Å². The van der Waals surface area contributed by atoms with Gasteiger partial charge >= 0.3 is 0 Å². The van der Waals surface area contributed by atoms with Crippen LogP contribution in [0.4, 0.5) is 0 Å². The van der Waals surface area contributed by atoms with Crippen molar-refractivity contribution in [2.45, 2.75) is 58.4 Å². The summed E-state index contributed by atoms with van der Waals surface area (Å²) in [5.41, 5.74) is 3.64. The summed E-state index contributed by atoms with van der Waals surface area (Å²) in [6.45, 7) is 7.04. The van der Waals surface area contributed by atoms with Crippen LogP contribution in [0.2, 0.25) is 0 Å². The molecule has 0 aromatic heterocycles. The van der Waals surface area contributed by atoms with Crippen molar-refractivity contribution in [1.82, 2.24) is 10.4 Å².